The monoisotopic (exact) mass is 457 g/mol. The van der Waals surface area contributed by atoms with Gasteiger partial charge in [0.05, 0.1) is 28.0 Å². The smallest absolute Gasteiger partial charge is 0.389 e. The second-order valence-electron chi connectivity index (χ2n) is 4.95. The molecule has 0 saturated carbocycles. The van der Waals surface area contributed by atoms with Gasteiger partial charge in [0.2, 0.25) is 0 Å². The zero-order valence-corrected chi connectivity index (χ0v) is 19.3. The molecule has 133 valence electrons. The van der Waals surface area contributed by atoms with Crippen molar-refractivity contribution in [1.29, 1.82) is 0 Å². The van der Waals surface area contributed by atoms with E-state index in [1.807, 2.05) is 18.2 Å². The normalized spacial score (nSPS) is 11.8. The Morgan fingerprint density at radius 1 is 0.833 bits per heavy atom. The lowest BCUT2D eigenvalue weighted by Crippen LogP contribution is -2.27. The van der Waals surface area contributed by atoms with E-state index in [9.17, 15) is 0 Å². The van der Waals surface area contributed by atoms with Crippen LogP contribution in [-0.2, 0) is 14.9 Å². The molecule has 1 rings (SSSR count). The standard InChI is InChI=1S/C15H21Cl4O2Si3/c16-14(17)22-10-4-8-20-24(12-13-6-2-1-3-7-13)21-9-5-11-23-15(18)19/h1-3,6-7,14-15H,4-5,8-12H2. The lowest BCUT2D eigenvalue weighted by molar-refractivity contribution is 0.196. The summed E-state index contributed by atoms with van der Waals surface area (Å²) in [5.41, 5.74) is 1.25. The van der Waals surface area contributed by atoms with Crippen LogP contribution in [0.3, 0.4) is 0 Å². The van der Waals surface area contributed by atoms with E-state index < -0.39 is 9.28 Å². The summed E-state index contributed by atoms with van der Waals surface area (Å²) >= 11 is 23.0. The fourth-order valence-corrected chi connectivity index (χ4v) is 5.89. The van der Waals surface area contributed by atoms with Crippen molar-refractivity contribution in [2.45, 2.75) is 39.9 Å². The van der Waals surface area contributed by atoms with Crippen LogP contribution in [0.15, 0.2) is 30.3 Å². The molecule has 9 heteroatoms. The van der Waals surface area contributed by atoms with Crippen molar-refractivity contribution in [3.05, 3.63) is 35.9 Å². The van der Waals surface area contributed by atoms with E-state index in [2.05, 4.69) is 12.1 Å². The highest BCUT2D eigenvalue weighted by atomic mass is 35.5. The van der Waals surface area contributed by atoms with E-state index in [-0.39, 0.29) is 8.92 Å². The Labute approximate surface area is 172 Å². The summed E-state index contributed by atoms with van der Waals surface area (Å²) in [5.74, 6) is 0. The van der Waals surface area contributed by atoms with E-state index in [4.69, 9.17) is 55.3 Å². The zero-order valence-electron chi connectivity index (χ0n) is 13.3. The molecule has 0 heterocycles. The lowest BCUT2D eigenvalue weighted by Gasteiger charge is -2.16. The summed E-state index contributed by atoms with van der Waals surface area (Å²) < 4.78 is 11.5. The van der Waals surface area contributed by atoms with E-state index in [1.165, 1.54) is 5.56 Å². The van der Waals surface area contributed by atoms with Gasteiger partial charge in [0.1, 0.15) is 0 Å². The molecule has 0 saturated heterocycles. The summed E-state index contributed by atoms with van der Waals surface area (Å²) in [7, 11) is -0.201. The minimum atomic E-state index is -1.32. The molecule has 1 aromatic rings. The van der Waals surface area contributed by atoms with Gasteiger partial charge in [0.25, 0.3) is 0 Å². The molecule has 5 radical (unpaired) electrons. The van der Waals surface area contributed by atoms with Crippen molar-refractivity contribution >= 4 is 74.7 Å². The van der Waals surface area contributed by atoms with Gasteiger partial charge < -0.3 is 8.85 Å². The van der Waals surface area contributed by atoms with Crippen LogP contribution in [0, 0.1) is 0 Å². The quantitative estimate of drug-likeness (QED) is 0.225. The van der Waals surface area contributed by atoms with Crippen LogP contribution < -0.4 is 0 Å². The van der Waals surface area contributed by atoms with Crippen molar-refractivity contribution in [3.8, 4) is 0 Å². The Hall–Kier alpha value is 0.951. The van der Waals surface area contributed by atoms with Crippen LogP contribution in [0.2, 0.25) is 12.1 Å². The summed E-state index contributed by atoms with van der Waals surface area (Å²) in [4.78, 5) is 0. The van der Waals surface area contributed by atoms with Gasteiger partial charge in [0, 0.05) is 19.3 Å². The number of hydrogen-bond donors (Lipinski definition) is 0. The van der Waals surface area contributed by atoms with E-state index in [1.54, 1.807) is 0 Å². The third-order valence-electron chi connectivity index (χ3n) is 2.96. The molecule has 0 aromatic heterocycles. The molecular weight excluding hydrogens is 438 g/mol. The highest BCUT2D eigenvalue weighted by Gasteiger charge is 2.17. The van der Waals surface area contributed by atoms with Gasteiger partial charge in [-0.15, -0.1) is 46.4 Å². The van der Waals surface area contributed by atoms with Gasteiger partial charge >= 0.3 is 9.28 Å². The molecule has 1 aromatic carbocycles. The molecule has 0 aliphatic rings. The maximum atomic E-state index is 6.00. The van der Waals surface area contributed by atoms with Gasteiger partial charge in [0.15, 0.2) is 0 Å². The third kappa shape index (κ3) is 13.2. The van der Waals surface area contributed by atoms with Crippen LogP contribution in [0.4, 0.5) is 0 Å². The molecule has 0 atom stereocenters. The lowest BCUT2D eigenvalue weighted by atomic mass is 10.2. The van der Waals surface area contributed by atoms with Crippen molar-refractivity contribution in [2.75, 3.05) is 13.2 Å². The number of rotatable bonds is 14. The number of hydrogen-bond acceptors (Lipinski definition) is 2. The van der Waals surface area contributed by atoms with Crippen LogP contribution in [-0.4, -0.2) is 50.5 Å². The number of halogens is 4. The average Bonchev–Trinajstić information content (AvgIpc) is 2.54. The Morgan fingerprint density at radius 2 is 1.33 bits per heavy atom. The van der Waals surface area contributed by atoms with E-state index in [0.717, 1.165) is 31.0 Å². The molecule has 2 nitrogen and oxygen atoms in total. The molecule has 0 unspecified atom stereocenters. The highest BCUT2D eigenvalue weighted by Crippen LogP contribution is 2.09. The summed E-state index contributed by atoms with van der Waals surface area (Å²) in [6, 6.07) is 13.1. The van der Waals surface area contributed by atoms with Gasteiger partial charge in [-0.2, -0.15) is 0 Å². The first-order valence-electron chi connectivity index (χ1n) is 7.76. The Bertz CT molecular complexity index is 395. The number of benzene rings is 1. The van der Waals surface area contributed by atoms with Gasteiger partial charge in [-0.1, -0.05) is 42.4 Å². The predicted molar refractivity (Wildman–Crippen MR) is 109 cm³/mol. The van der Waals surface area contributed by atoms with Crippen molar-refractivity contribution in [2.24, 2.45) is 0 Å². The molecule has 0 aliphatic carbocycles. The van der Waals surface area contributed by atoms with Crippen LogP contribution >= 0.6 is 46.4 Å². The Kier molecular flexibility index (Phi) is 14.4. The maximum absolute atomic E-state index is 6.00. The second kappa shape index (κ2) is 15.1. The molecule has 0 aliphatic heterocycles. The third-order valence-corrected chi connectivity index (χ3v) is 8.46. The first kappa shape index (κ1) is 23.0. The van der Waals surface area contributed by atoms with Crippen LogP contribution in [0.5, 0.6) is 0 Å². The first-order valence-corrected chi connectivity index (χ1v) is 13.6. The van der Waals surface area contributed by atoms with Crippen molar-refractivity contribution < 1.29 is 8.85 Å². The molecule has 0 fully saturated rings. The minimum absolute atomic E-state index is 0.260. The summed E-state index contributed by atoms with van der Waals surface area (Å²) in [6.07, 6.45) is 1.92. The number of alkyl halides is 4. The highest BCUT2D eigenvalue weighted by molar-refractivity contribution is 6.69. The largest absolute Gasteiger partial charge is 0.393 e. The van der Waals surface area contributed by atoms with Crippen LogP contribution in [0.25, 0.3) is 0 Å². The fraction of sp³-hybridized carbons (Fsp3) is 0.600. The van der Waals surface area contributed by atoms with Crippen LogP contribution in [0.1, 0.15) is 18.4 Å². The summed E-state index contributed by atoms with van der Waals surface area (Å²) in [5, 5.41) is 0. The molecule has 0 spiro atoms. The van der Waals surface area contributed by atoms with Crippen molar-refractivity contribution in [1.82, 2.24) is 0 Å². The maximum Gasteiger partial charge on any atom is 0.389 e. The SMILES string of the molecule is ClC(Cl)[Si]CCCO[Si](Cc1ccccc1)OCCC[Si]C(Cl)Cl. The summed E-state index contributed by atoms with van der Waals surface area (Å²) in [6.45, 7) is 1.39. The van der Waals surface area contributed by atoms with E-state index in [0.29, 0.717) is 32.3 Å². The molecule has 0 amide bonds. The molecular formula is C15H21Cl4O2Si3. The van der Waals surface area contributed by atoms with Gasteiger partial charge in [-0.25, -0.2) is 0 Å². The molecule has 24 heavy (non-hydrogen) atoms. The van der Waals surface area contributed by atoms with Gasteiger partial charge in [-0.3, -0.25) is 0 Å². The Morgan fingerprint density at radius 3 is 1.79 bits per heavy atom. The van der Waals surface area contributed by atoms with Gasteiger partial charge in [-0.05, 0) is 18.4 Å². The minimum Gasteiger partial charge on any atom is -0.393 e. The second-order valence-corrected chi connectivity index (χ2v) is 13.3. The first-order chi connectivity index (χ1) is 11.6. The zero-order chi connectivity index (χ0) is 17.6. The molecule has 0 bridgehead atoms. The average molecular weight is 459 g/mol. The Balaban J connectivity index is 2.29. The van der Waals surface area contributed by atoms with E-state index >= 15 is 0 Å². The van der Waals surface area contributed by atoms with Crippen molar-refractivity contribution in [3.63, 3.8) is 0 Å². The molecule has 0 N–H and O–H groups in total. The fourth-order valence-electron chi connectivity index (χ4n) is 1.84. The topological polar surface area (TPSA) is 18.5 Å². The predicted octanol–water partition coefficient (Wildman–Crippen LogP) is 4.84.